The Hall–Kier alpha value is -4.22. The minimum Gasteiger partial charge on any atom is -0.494 e. The van der Waals surface area contributed by atoms with Crippen molar-refractivity contribution in [3.63, 3.8) is 0 Å². The summed E-state index contributed by atoms with van der Waals surface area (Å²) in [5, 5.41) is 16.3. The average Bonchev–Trinajstić information content (AvgIpc) is 3.26. The lowest BCUT2D eigenvalue weighted by Crippen LogP contribution is -2.41. The molecule has 6 rings (SSSR count). The van der Waals surface area contributed by atoms with Crippen LogP contribution in [0.5, 0.6) is 5.75 Å². The first-order chi connectivity index (χ1) is 19.0. The van der Waals surface area contributed by atoms with E-state index in [-0.39, 0.29) is 10.6 Å². The molecule has 0 amide bonds. The number of hydrogen-bond donors (Lipinski definition) is 1. The topological polar surface area (TPSA) is 111 Å². The maximum atomic E-state index is 12.1. The van der Waals surface area contributed by atoms with E-state index in [1.54, 1.807) is 19.4 Å². The maximum absolute atomic E-state index is 12.1. The van der Waals surface area contributed by atoms with Gasteiger partial charge in [0, 0.05) is 61.5 Å². The number of fused-ring (bicyclic) bond motifs is 3. The largest absolute Gasteiger partial charge is 0.494 e. The molecule has 1 N–H and O–H groups in total. The van der Waals surface area contributed by atoms with Crippen molar-refractivity contribution in [1.82, 2.24) is 19.4 Å². The van der Waals surface area contributed by atoms with Gasteiger partial charge < -0.3 is 29.2 Å². The van der Waals surface area contributed by atoms with Gasteiger partial charge in [-0.15, -0.1) is 0 Å². The molecule has 0 radical (unpaired) electrons. The Morgan fingerprint density at radius 2 is 2.05 bits per heavy atom. The predicted molar refractivity (Wildman–Crippen MR) is 150 cm³/mol. The van der Waals surface area contributed by atoms with Gasteiger partial charge in [-0.2, -0.15) is 0 Å². The van der Waals surface area contributed by atoms with Gasteiger partial charge in [0.05, 0.1) is 42.3 Å². The van der Waals surface area contributed by atoms with E-state index in [2.05, 4.69) is 31.9 Å². The highest BCUT2D eigenvalue weighted by Crippen LogP contribution is 2.40. The van der Waals surface area contributed by atoms with Gasteiger partial charge in [0.1, 0.15) is 11.4 Å². The van der Waals surface area contributed by atoms with Crippen LogP contribution in [0.1, 0.15) is 12.1 Å². The number of para-hydroxylation sites is 1. The van der Waals surface area contributed by atoms with Crippen molar-refractivity contribution >= 4 is 33.9 Å². The summed E-state index contributed by atoms with van der Waals surface area (Å²) in [6.07, 6.45) is 2.89. The summed E-state index contributed by atoms with van der Waals surface area (Å²) in [7, 11) is 3.42. The van der Waals surface area contributed by atoms with Crippen molar-refractivity contribution in [2.45, 2.75) is 19.6 Å². The molecular weight excluding hydrogens is 498 g/mol. The number of likely N-dealkylation sites (N-methyl/N-ethyl adjacent to an activating group) is 1. The molecule has 0 spiro atoms. The number of nitrogens with one attached hydrogen (secondary N) is 1. The molecule has 1 fully saturated rings. The average molecular weight is 530 g/mol. The molecule has 0 atom stereocenters. The fourth-order valence-corrected chi connectivity index (χ4v) is 5.34. The first-order valence-electron chi connectivity index (χ1n) is 13.1. The number of benzene rings is 2. The number of hydrogen-bond acceptors (Lipinski definition) is 9. The lowest BCUT2D eigenvalue weighted by atomic mass is 10.1. The van der Waals surface area contributed by atoms with E-state index in [0.717, 1.165) is 54.0 Å². The quantitative estimate of drug-likeness (QED) is 0.249. The van der Waals surface area contributed by atoms with E-state index in [1.165, 1.54) is 12.5 Å². The van der Waals surface area contributed by atoms with Crippen molar-refractivity contribution in [3.8, 4) is 17.0 Å². The second-order valence-corrected chi connectivity index (χ2v) is 9.85. The number of anilines is 3. The molecule has 11 heteroatoms. The Kier molecular flexibility index (Phi) is 6.76. The van der Waals surface area contributed by atoms with Gasteiger partial charge in [0.15, 0.2) is 0 Å². The minimum atomic E-state index is -0.364. The number of likely N-dealkylation sites (tertiary alicyclic amines) is 1. The first kappa shape index (κ1) is 25.1. The zero-order valence-electron chi connectivity index (χ0n) is 22.1. The van der Waals surface area contributed by atoms with Crippen LogP contribution in [-0.4, -0.2) is 71.3 Å². The highest BCUT2D eigenvalue weighted by Gasteiger charge is 2.25. The van der Waals surface area contributed by atoms with E-state index < -0.39 is 0 Å². The molecule has 0 bridgehead atoms. The van der Waals surface area contributed by atoms with Gasteiger partial charge in [-0.3, -0.25) is 10.1 Å². The van der Waals surface area contributed by atoms with Gasteiger partial charge in [-0.1, -0.05) is 18.2 Å². The Labute approximate surface area is 226 Å². The SMILES string of the molecule is COc1cc(N(C)CCN2CCC2)c([N+](=O)[O-])cc1Nc1nccc(-c2c3n(c4ccccc24)CCOC3)n1. The summed E-state index contributed by atoms with van der Waals surface area (Å²) in [4.78, 5) is 25.1. The number of ether oxygens (including phenoxy) is 2. The number of nitro groups is 1. The van der Waals surface area contributed by atoms with Crippen LogP contribution in [0.25, 0.3) is 22.2 Å². The van der Waals surface area contributed by atoms with Gasteiger partial charge in [-0.25, -0.2) is 9.97 Å². The Bertz CT molecular complexity index is 1530. The number of nitro benzene ring substituents is 1. The summed E-state index contributed by atoms with van der Waals surface area (Å²) >= 11 is 0. The molecule has 39 heavy (non-hydrogen) atoms. The molecule has 11 nitrogen and oxygen atoms in total. The molecule has 2 aliphatic heterocycles. The van der Waals surface area contributed by atoms with Crippen LogP contribution in [0, 0.1) is 10.1 Å². The molecule has 202 valence electrons. The fraction of sp³-hybridized carbons (Fsp3) is 0.357. The smallest absolute Gasteiger partial charge is 0.294 e. The summed E-state index contributed by atoms with van der Waals surface area (Å²) < 4.78 is 13.7. The van der Waals surface area contributed by atoms with Crippen LogP contribution >= 0.6 is 0 Å². The molecule has 0 saturated carbocycles. The number of nitrogens with zero attached hydrogens (tertiary/aromatic N) is 6. The van der Waals surface area contributed by atoms with Gasteiger partial charge in [-0.05, 0) is 31.6 Å². The zero-order chi connectivity index (χ0) is 26.9. The zero-order valence-corrected chi connectivity index (χ0v) is 22.1. The van der Waals surface area contributed by atoms with Crippen LogP contribution in [0.4, 0.5) is 23.0 Å². The number of rotatable bonds is 9. The Morgan fingerprint density at radius 3 is 2.82 bits per heavy atom. The van der Waals surface area contributed by atoms with E-state index in [9.17, 15) is 10.1 Å². The first-order valence-corrected chi connectivity index (χ1v) is 13.1. The van der Waals surface area contributed by atoms with Crippen LogP contribution in [-0.2, 0) is 17.9 Å². The highest BCUT2D eigenvalue weighted by atomic mass is 16.6. The molecule has 0 aliphatic carbocycles. The van der Waals surface area contributed by atoms with Crippen LogP contribution < -0.4 is 15.0 Å². The third-order valence-electron chi connectivity index (χ3n) is 7.54. The lowest BCUT2D eigenvalue weighted by molar-refractivity contribution is -0.384. The van der Waals surface area contributed by atoms with Gasteiger partial charge in [0.2, 0.25) is 5.95 Å². The molecule has 2 aromatic carbocycles. The maximum Gasteiger partial charge on any atom is 0.294 e. The van der Waals surface area contributed by atoms with Gasteiger partial charge >= 0.3 is 0 Å². The lowest BCUT2D eigenvalue weighted by Gasteiger charge is -2.32. The monoisotopic (exact) mass is 529 g/mol. The molecule has 1 saturated heterocycles. The second-order valence-electron chi connectivity index (χ2n) is 9.85. The molecule has 2 aliphatic rings. The Morgan fingerprint density at radius 1 is 1.21 bits per heavy atom. The molecular formula is C28H31N7O4. The van der Waals surface area contributed by atoms with Crippen LogP contribution in [0.15, 0.2) is 48.7 Å². The predicted octanol–water partition coefficient (Wildman–Crippen LogP) is 4.43. The molecule has 2 aromatic heterocycles. The van der Waals surface area contributed by atoms with Crippen molar-refractivity contribution < 1.29 is 14.4 Å². The molecule has 4 aromatic rings. The van der Waals surface area contributed by atoms with Crippen molar-refractivity contribution in [2.24, 2.45) is 0 Å². The fourth-order valence-electron chi connectivity index (χ4n) is 5.34. The van der Waals surface area contributed by atoms with Crippen molar-refractivity contribution in [2.75, 3.05) is 57.2 Å². The Balaban J connectivity index is 1.34. The molecule has 0 unspecified atom stereocenters. The van der Waals surface area contributed by atoms with Gasteiger partial charge in [0.25, 0.3) is 5.69 Å². The summed E-state index contributed by atoms with van der Waals surface area (Å²) in [5.41, 5.74) is 4.89. The number of methoxy groups -OCH3 is 1. The van der Waals surface area contributed by atoms with Crippen LogP contribution in [0.3, 0.4) is 0 Å². The summed E-state index contributed by atoms with van der Waals surface area (Å²) in [6, 6.07) is 13.3. The van der Waals surface area contributed by atoms with Crippen molar-refractivity contribution in [1.29, 1.82) is 0 Å². The summed E-state index contributed by atoms with van der Waals surface area (Å²) in [6.45, 7) is 5.66. The van der Waals surface area contributed by atoms with E-state index in [1.807, 2.05) is 30.1 Å². The minimum absolute atomic E-state index is 0.00906. The normalized spacial score (nSPS) is 15.0. The van der Waals surface area contributed by atoms with E-state index in [4.69, 9.17) is 14.5 Å². The van der Waals surface area contributed by atoms with E-state index in [0.29, 0.717) is 42.8 Å². The standard InChI is InChI=1S/C28H31N7O4/c1-32(12-13-33-10-5-11-33)23-17-26(38-2)21(16-24(23)35(36)37)31-28-29-9-8-20(30-28)27-19-6-3-4-7-22(19)34-14-15-39-18-25(27)34/h3-4,6-9,16-17H,5,10-15,18H2,1-2H3,(H,29,30,31). The van der Waals surface area contributed by atoms with Crippen molar-refractivity contribution in [3.05, 3.63) is 64.5 Å². The number of aromatic nitrogens is 3. The third-order valence-corrected chi connectivity index (χ3v) is 7.54. The van der Waals surface area contributed by atoms with Crippen LogP contribution in [0.2, 0.25) is 0 Å². The summed E-state index contributed by atoms with van der Waals surface area (Å²) in [5.74, 6) is 0.792. The third kappa shape index (κ3) is 4.75. The highest BCUT2D eigenvalue weighted by molar-refractivity contribution is 5.97. The van der Waals surface area contributed by atoms with E-state index >= 15 is 0 Å². The second kappa shape index (κ2) is 10.5. The molecule has 4 heterocycles.